The molecule has 8 nitrogen and oxygen atoms in total. The number of amides is 2. The number of nitrogens with zero attached hydrogens (tertiary/aromatic N) is 1. The summed E-state index contributed by atoms with van der Waals surface area (Å²) in [6.07, 6.45) is 0. The van der Waals surface area contributed by atoms with Crippen LogP contribution < -0.4 is 10.6 Å². The molecule has 2 amide bonds. The van der Waals surface area contributed by atoms with E-state index in [1.807, 2.05) is 12.1 Å². The first-order valence-electron chi connectivity index (χ1n) is 12.2. The van der Waals surface area contributed by atoms with E-state index in [-0.39, 0.29) is 39.9 Å². The van der Waals surface area contributed by atoms with E-state index in [9.17, 15) is 18.0 Å². The van der Waals surface area contributed by atoms with Crippen LogP contribution in [0.25, 0.3) is 0 Å². The second kappa shape index (κ2) is 11.2. The van der Waals surface area contributed by atoms with Gasteiger partial charge in [-0.25, -0.2) is 8.42 Å². The Morgan fingerprint density at radius 3 is 2.08 bits per heavy atom. The SMILES string of the molecule is CC(C)(C)c1ccc(C(=O)Nc2cccc(NC(=O)c3cc(S(=O)(=O)N4CCOCC4)ccc3Cl)c2)cc1. The molecule has 4 rings (SSSR count). The second-order valence-corrected chi connectivity index (χ2v) is 12.3. The average Bonchev–Trinajstić information content (AvgIpc) is 2.89. The molecule has 3 aromatic rings. The molecule has 3 aromatic carbocycles. The normalized spacial score (nSPS) is 14.6. The van der Waals surface area contributed by atoms with Gasteiger partial charge in [0.2, 0.25) is 10.0 Å². The summed E-state index contributed by atoms with van der Waals surface area (Å²) in [4.78, 5) is 25.8. The number of morpholine rings is 1. The van der Waals surface area contributed by atoms with Gasteiger partial charge < -0.3 is 15.4 Å². The van der Waals surface area contributed by atoms with E-state index >= 15 is 0 Å². The lowest BCUT2D eigenvalue weighted by Gasteiger charge is -2.26. The van der Waals surface area contributed by atoms with Crippen molar-refractivity contribution in [1.29, 1.82) is 0 Å². The van der Waals surface area contributed by atoms with Crippen LogP contribution in [0.4, 0.5) is 11.4 Å². The van der Waals surface area contributed by atoms with Crippen LogP contribution in [0.1, 0.15) is 47.1 Å². The first-order chi connectivity index (χ1) is 17.9. The second-order valence-electron chi connectivity index (χ2n) is 9.97. The van der Waals surface area contributed by atoms with Crippen molar-refractivity contribution in [2.24, 2.45) is 0 Å². The monoisotopic (exact) mass is 555 g/mol. The number of hydrogen-bond donors (Lipinski definition) is 2. The minimum absolute atomic E-state index is 0.0172. The van der Waals surface area contributed by atoms with Gasteiger partial charge in [-0.15, -0.1) is 0 Å². The highest BCUT2D eigenvalue weighted by Gasteiger charge is 2.27. The zero-order chi connectivity index (χ0) is 27.5. The van der Waals surface area contributed by atoms with Crippen molar-refractivity contribution in [3.8, 4) is 0 Å². The molecule has 0 bridgehead atoms. The van der Waals surface area contributed by atoms with Gasteiger partial charge in [0.25, 0.3) is 11.8 Å². The number of sulfonamides is 1. The average molecular weight is 556 g/mol. The molecule has 2 N–H and O–H groups in total. The summed E-state index contributed by atoms with van der Waals surface area (Å²) in [5.74, 6) is -0.853. The highest BCUT2D eigenvalue weighted by atomic mass is 35.5. The number of nitrogens with one attached hydrogen (secondary N) is 2. The van der Waals surface area contributed by atoms with Crippen LogP contribution >= 0.6 is 11.6 Å². The van der Waals surface area contributed by atoms with E-state index in [4.69, 9.17) is 16.3 Å². The quantitative estimate of drug-likeness (QED) is 0.437. The van der Waals surface area contributed by atoms with E-state index in [0.717, 1.165) is 5.56 Å². The summed E-state index contributed by atoms with van der Waals surface area (Å²) in [7, 11) is -3.80. The molecule has 0 aromatic heterocycles. The van der Waals surface area contributed by atoms with Gasteiger partial charge in [0, 0.05) is 30.0 Å². The third kappa shape index (κ3) is 6.42. The van der Waals surface area contributed by atoms with Crippen LogP contribution in [0.3, 0.4) is 0 Å². The van der Waals surface area contributed by atoms with Crippen molar-refractivity contribution in [2.45, 2.75) is 31.1 Å². The molecule has 1 heterocycles. The number of halogens is 1. The Bertz CT molecular complexity index is 1440. The topological polar surface area (TPSA) is 105 Å². The summed E-state index contributed by atoms with van der Waals surface area (Å²) < 4.78 is 32.6. The van der Waals surface area contributed by atoms with Crippen molar-refractivity contribution in [2.75, 3.05) is 36.9 Å². The molecule has 0 aliphatic carbocycles. The Balaban J connectivity index is 1.48. The molecule has 10 heteroatoms. The van der Waals surface area contributed by atoms with Crippen molar-refractivity contribution in [1.82, 2.24) is 4.31 Å². The first kappa shape index (κ1) is 27.8. The van der Waals surface area contributed by atoms with E-state index < -0.39 is 15.9 Å². The number of rotatable bonds is 6. The van der Waals surface area contributed by atoms with Gasteiger partial charge in [-0.1, -0.05) is 50.6 Å². The number of ether oxygens (including phenoxy) is 1. The van der Waals surface area contributed by atoms with Crippen LogP contribution in [0.2, 0.25) is 5.02 Å². The number of hydrogen-bond acceptors (Lipinski definition) is 5. The zero-order valence-electron chi connectivity index (χ0n) is 21.5. The lowest BCUT2D eigenvalue weighted by molar-refractivity contribution is 0.0730. The minimum Gasteiger partial charge on any atom is -0.379 e. The number of carbonyl (C=O) groups excluding carboxylic acids is 2. The lowest BCUT2D eigenvalue weighted by atomic mass is 9.87. The van der Waals surface area contributed by atoms with Crippen LogP contribution in [0, 0.1) is 0 Å². The maximum absolute atomic E-state index is 13.0. The molecule has 1 aliphatic rings. The van der Waals surface area contributed by atoms with Crippen LogP contribution in [-0.2, 0) is 20.2 Å². The third-order valence-electron chi connectivity index (χ3n) is 6.18. The lowest BCUT2D eigenvalue weighted by Crippen LogP contribution is -2.40. The van der Waals surface area contributed by atoms with Crippen molar-refractivity contribution in [3.05, 3.63) is 88.4 Å². The fourth-order valence-corrected chi connectivity index (χ4v) is 5.61. The number of benzene rings is 3. The summed E-state index contributed by atoms with van der Waals surface area (Å²) >= 11 is 6.25. The smallest absolute Gasteiger partial charge is 0.257 e. The molecule has 38 heavy (non-hydrogen) atoms. The van der Waals surface area contributed by atoms with Crippen LogP contribution in [-0.4, -0.2) is 50.8 Å². The van der Waals surface area contributed by atoms with Crippen LogP contribution in [0.5, 0.6) is 0 Å². The maximum Gasteiger partial charge on any atom is 0.257 e. The molecule has 0 atom stereocenters. The molecule has 1 fully saturated rings. The van der Waals surface area contributed by atoms with E-state index in [0.29, 0.717) is 30.2 Å². The van der Waals surface area contributed by atoms with Gasteiger partial charge in [0.1, 0.15) is 0 Å². The fraction of sp³-hybridized carbons (Fsp3) is 0.286. The van der Waals surface area contributed by atoms with Gasteiger partial charge in [-0.3, -0.25) is 9.59 Å². The van der Waals surface area contributed by atoms with Gasteiger partial charge in [-0.05, 0) is 59.5 Å². The maximum atomic E-state index is 13.0. The molecule has 0 unspecified atom stereocenters. The summed E-state index contributed by atoms with van der Waals surface area (Å²) in [5, 5.41) is 5.68. The van der Waals surface area contributed by atoms with Crippen molar-refractivity contribution >= 4 is 44.8 Å². The molecule has 200 valence electrons. The minimum atomic E-state index is -3.80. The predicted molar refractivity (Wildman–Crippen MR) is 149 cm³/mol. The summed E-state index contributed by atoms with van der Waals surface area (Å²) in [6, 6.07) is 18.1. The molecule has 0 radical (unpaired) electrons. The van der Waals surface area contributed by atoms with Gasteiger partial charge in [-0.2, -0.15) is 4.31 Å². The Morgan fingerprint density at radius 2 is 1.47 bits per heavy atom. The highest BCUT2D eigenvalue weighted by Crippen LogP contribution is 2.26. The Morgan fingerprint density at radius 1 is 0.868 bits per heavy atom. The number of carbonyl (C=O) groups is 2. The zero-order valence-corrected chi connectivity index (χ0v) is 23.0. The largest absolute Gasteiger partial charge is 0.379 e. The van der Waals surface area contributed by atoms with Crippen molar-refractivity contribution in [3.63, 3.8) is 0 Å². The molecule has 1 saturated heterocycles. The third-order valence-corrected chi connectivity index (χ3v) is 8.41. The van der Waals surface area contributed by atoms with E-state index in [1.54, 1.807) is 36.4 Å². The Labute approximate surface area is 228 Å². The molecule has 0 saturated carbocycles. The molecular formula is C28H30ClN3O5S. The Hall–Kier alpha value is -3.24. The Kier molecular flexibility index (Phi) is 8.22. The van der Waals surface area contributed by atoms with Gasteiger partial charge in [0.15, 0.2) is 0 Å². The standard InChI is InChI=1S/C28H30ClN3O5S/c1-28(2,3)20-9-7-19(8-10-20)26(33)30-21-5-4-6-22(17-21)31-27(34)24-18-23(11-12-25(24)29)38(35,36)32-13-15-37-16-14-32/h4-12,17-18H,13-16H2,1-3H3,(H,30,33)(H,31,34). The summed E-state index contributed by atoms with van der Waals surface area (Å²) in [6.45, 7) is 7.43. The van der Waals surface area contributed by atoms with Gasteiger partial charge in [0.05, 0.1) is 28.7 Å². The van der Waals surface area contributed by atoms with Crippen molar-refractivity contribution < 1.29 is 22.7 Å². The molecule has 1 aliphatic heterocycles. The van der Waals surface area contributed by atoms with E-state index in [2.05, 4.69) is 31.4 Å². The number of anilines is 2. The first-order valence-corrected chi connectivity index (χ1v) is 14.0. The van der Waals surface area contributed by atoms with E-state index in [1.165, 1.54) is 22.5 Å². The fourth-order valence-electron chi connectivity index (χ4n) is 3.97. The van der Waals surface area contributed by atoms with Gasteiger partial charge >= 0.3 is 0 Å². The summed E-state index contributed by atoms with van der Waals surface area (Å²) in [5.41, 5.74) is 2.54. The molecule has 0 spiro atoms. The van der Waals surface area contributed by atoms with Crippen LogP contribution in [0.15, 0.2) is 71.6 Å². The molecular weight excluding hydrogens is 526 g/mol. The predicted octanol–water partition coefficient (Wildman–Crippen LogP) is 5.16. The highest BCUT2D eigenvalue weighted by molar-refractivity contribution is 7.89.